The van der Waals surface area contributed by atoms with Crippen molar-refractivity contribution in [3.63, 3.8) is 0 Å². The van der Waals surface area contributed by atoms with E-state index in [0.29, 0.717) is 32.2 Å². The van der Waals surface area contributed by atoms with E-state index >= 15 is 0 Å². The predicted molar refractivity (Wildman–Crippen MR) is 159 cm³/mol. The third-order valence-electron chi connectivity index (χ3n) is 7.95. The third kappa shape index (κ3) is 10.1. The molecule has 0 fully saturated rings. The number of allylic oxidation sites excluding steroid dienone is 1. The van der Waals surface area contributed by atoms with Gasteiger partial charge in [-0.1, -0.05) is 44.0 Å². The molecule has 0 unspecified atom stereocenters. The van der Waals surface area contributed by atoms with Gasteiger partial charge in [0.25, 0.3) is 0 Å². The number of aliphatic hydroxyl groups is 2. The molecule has 0 saturated heterocycles. The highest BCUT2D eigenvalue weighted by atomic mass is 32.1. The van der Waals surface area contributed by atoms with E-state index in [0.717, 1.165) is 35.5 Å². The molecule has 10 heteroatoms. The van der Waals surface area contributed by atoms with Crippen molar-refractivity contribution in [3.05, 3.63) is 43.7 Å². The van der Waals surface area contributed by atoms with Crippen molar-refractivity contribution in [3.8, 4) is 0 Å². The molecule has 0 spiro atoms. The molecule has 2 N–H and O–H groups in total. The largest absolute Gasteiger partial charge is 0.457 e. The standard InChI is InChI=1S/C30H46N4O5S/c1-19-10-9-11-20(2)28(37)24(12-7-8-15-32-34-31)29(38)30(5,6)26(35)17-27(36)39-25(14-13-19)21(3)16-23-18-40-22(4)33-23/h13,16,18,20,24-26,28,35,37H,7-12,14-15,17H2,1-6H3/b19-13-,21-16+/t20-,24+,25-,26-,28-/m0/s1. The maximum absolute atomic E-state index is 13.8. The van der Waals surface area contributed by atoms with Crippen molar-refractivity contribution in [1.29, 1.82) is 0 Å². The van der Waals surface area contributed by atoms with Gasteiger partial charge >= 0.3 is 5.97 Å². The number of aromatic nitrogens is 1. The number of thiazole rings is 1. The van der Waals surface area contributed by atoms with E-state index in [1.807, 2.05) is 39.2 Å². The van der Waals surface area contributed by atoms with Crippen molar-refractivity contribution in [2.45, 2.75) is 111 Å². The zero-order valence-electron chi connectivity index (χ0n) is 24.8. The third-order valence-corrected chi connectivity index (χ3v) is 8.74. The van der Waals surface area contributed by atoms with Gasteiger partial charge in [-0.25, -0.2) is 4.98 Å². The van der Waals surface area contributed by atoms with Crippen LogP contribution in [-0.2, 0) is 14.3 Å². The number of hydrogen-bond donors (Lipinski definition) is 2. The molecular weight excluding hydrogens is 528 g/mol. The topological polar surface area (TPSA) is 145 Å². The summed E-state index contributed by atoms with van der Waals surface area (Å²) in [4.78, 5) is 34.1. The number of carbonyl (C=O) groups is 2. The number of hydrogen-bond acceptors (Lipinski definition) is 8. The van der Waals surface area contributed by atoms with Crippen LogP contribution in [0.15, 0.2) is 27.7 Å². The molecule has 1 aliphatic heterocycles. The first-order chi connectivity index (χ1) is 18.9. The maximum atomic E-state index is 13.8. The first kappa shape index (κ1) is 33.7. The molecule has 2 heterocycles. The van der Waals surface area contributed by atoms with Gasteiger partial charge in [0.15, 0.2) is 0 Å². The zero-order chi connectivity index (χ0) is 29.9. The minimum atomic E-state index is -1.28. The van der Waals surface area contributed by atoms with Gasteiger partial charge < -0.3 is 14.9 Å². The average molecular weight is 575 g/mol. The minimum absolute atomic E-state index is 0.121. The molecule has 1 aromatic heterocycles. The molecule has 0 saturated carbocycles. The van der Waals surface area contributed by atoms with Crippen LogP contribution in [0.1, 0.15) is 96.7 Å². The fourth-order valence-corrected chi connectivity index (χ4v) is 5.66. The summed E-state index contributed by atoms with van der Waals surface area (Å²) in [5, 5.41) is 28.8. The SMILES string of the molecule is C/C1=C/C[C@@H](/C(C)=C/c2csc(C)n2)OC(=O)C[C@H](O)C(C)(C)C(=O)[C@H](CCCCN=[N+]=[N-])[C@@H](O)[C@@H](C)CCC1. The maximum Gasteiger partial charge on any atom is 0.309 e. The zero-order valence-corrected chi connectivity index (χ0v) is 25.6. The Labute approximate surface area is 242 Å². The lowest BCUT2D eigenvalue weighted by molar-refractivity contribution is -0.154. The van der Waals surface area contributed by atoms with Crippen LogP contribution in [0.4, 0.5) is 0 Å². The Balaban J connectivity index is 2.33. The van der Waals surface area contributed by atoms with E-state index < -0.39 is 35.6 Å². The normalized spacial score (nSPS) is 28.8. The second kappa shape index (κ2) is 16.1. The van der Waals surface area contributed by atoms with Crippen LogP contribution in [0.2, 0.25) is 0 Å². The number of unbranched alkanes of at least 4 members (excludes halogenated alkanes) is 1. The molecule has 1 aliphatic rings. The number of nitrogens with zero attached hydrogens (tertiary/aromatic N) is 4. The number of ether oxygens (including phenoxy) is 1. The number of azide groups is 1. The first-order valence-electron chi connectivity index (χ1n) is 14.2. The molecule has 0 aliphatic carbocycles. The highest BCUT2D eigenvalue weighted by Crippen LogP contribution is 2.35. The van der Waals surface area contributed by atoms with Gasteiger partial charge in [-0.2, -0.15) is 0 Å². The van der Waals surface area contributed by atoms with Crippen molar-refractivity contribution in [2.75, 3.05) is 6.54 Å². The molecule has 0 radical (unpaired) electrons. The summed E-state index contributed by atoms with van der Waals surface area (Å²) >= 11 is 1.55. The van der Waals surface area contributed by atoms with Gasteiger partial charge in [0.2, 0.25) is 0 Å². The summed E-state index contributed by atoms with van der Waals surface area (Å²) in [6.07, 6.45) is 5.53. The first-order valence-corrected chi connectivity index (χ1v) is 15.1. The summed E-state index contributed by atoms with van der Waals surface area (Å²) < 4.78 is 5.87. The quantitative estimate of drug-likeness (QED) is 0.0922. The van der Waals surface area contributed by atoms with Crippen molar-refractivity contribution >= 4 is 29.2 Å². The number of aryl methyl sites for hydroxylation is 1. The lowest BCUT2D eigenvalue weighted by Gasteiger charge is -2.36. The summed E-state index contributed by atoms with van der Waals surface area (Å²) in [5.41, 5.74) is 10.1. The molecule has 222 valence electrons. The lowest BCUT2D eigenvalue weighted by atomic mass is 9.71. The molecular formula is C30H46N4O5S. The summed E-state index contributed by atoms with van der Waals surface area (Å²) in [7, 11) is 0. The smallest absolute Gasteiger partial charge is 0.309 e. The summed E-state index contributed by atoms with van der Waals surface area (Å²) in [6, 6.07) is 0. The van der Waals surface area contributed by atoms with Crippen molar-refractivity contribution in [1.82, 2.24) is 4.98 Å². The van der Waals surface area contributed by atoms with Crippen LogP contribution < -0.4 is 0 Å². The van der Waals surface area contributed by atoms with Crippen LogP contribution in [0, 0.1) is 24.2 Å². The second-order valence-electron chi connectivity index (χ2n) is 11.7. The summed E-state index contributed by atoms with van der Waals surface area (Å²) in [6.45, 7) is 11.4. The van der Waals surface area contributed by atoms with E-state index in [1.54, 1.807) is 25.2 Å². The average Bonchev–Trinajstić information content (AvgIpc) is 3.31. The Hall–Kier alpha value is -2.52. The van der Waals surface area contributed by atoms with Gasteiger partial charge in [0, 0.05) is 29.2 Å². The van der Waals surface area contributed by atoms with E-state index in [9.17, 15) is 19.8 Å². The minimum Gasteiger partial charge on any atom is -0.457 e. The van der Waals surface area contributed by atoms with Crippen LogP contribution >= 0.6 is 11.3 Å². The Morgan fingerprint density at radius 2 is 2.02 bits per heavy atom. The summed E-state index contributed by atoms with van der Waals surface area (Å²) in [5.74, 6) is -1.68. The predicted octanol–water partition coefficient (Wildman–Crippen LogP) is 6.73. The van der Waals surface area contributed by atoms with Gasteiger partial charge in [0.1, 0.15) is 11.9 Å². The molecule has 1 aromatic rings. The van der Waals surface area contributed by atoms with Gasteiger partial charge in [-0.05, 0) is 76.0 Å². The van der Waals surface area contributed by atoms with E-state index in [4.69, 9.17) is 10.3 Å². The van der Waals surface area contributed by atoms with Crippen LogP contribution in [-0.4, -0.2) is 51.8 Å². The molecule has 0 aromatic carbocycles. The van der Waals surface area contributed by atoms with Crippen LogP contribution in [0.25, 0.3) is 16.5 Å². The van der Waals surface area contributed by atoms with Gasteiger partial charge in [-0.15, -0.1) is 11.3 Å². The number of rotatable bonds is 7. The van der Waals surface area contributed by atoms with Gasteiger partial charge in [-0.3, -0.25) is 9.59 Å². The Morgan fingerprint density at radius 3 is 2.67 bits per heavy atom. The highest BCUT2D eigenvalue weighted by Gasteiger charge is 2.43. The fraction of sp³-hybridized carbons (Fsp3) is 0.700. The number of esters is 1. The van der Waals surface area contributed by atoms with Crippen molar-refractivity contribution < 1.29 is 24.5 Å². The molecule has 2 rings (SSSR count). The Kier molecular flexibility index (Phi) is 13.5. The highest BCUT2D eigenvalue weighted by molar-refractivity contribution is 7.09. The van der Waals surface area contributed by atoms with E-state index in [-0.39, 0.29) is 18.1 Å². The molecule has 9 nitrogen and oxygen atoms in total. The van der Waals surface area contributed by atoms with E-state index in [2.05, 4.69) is 21.1 Å². The van der Waals surface area contributed by atoms with Crippen molar-refractivity contribution in [2.24, 2.45) is 22.4 Å². The number of aliphatic hydroxyl groups excluding tert-OH is 2. The number of carbonyl (C=O) groups excluding carboxylic acids is 2. The Morgan fingerprint density at radius 1 is 1.30 bits per heavy atom. The lowest BCUT2D eigenvalue weighted by Crippen LogP contribution is -2.46. The number of ketones is 1. The second-order valence-corrected chi connectivity index (χ2v) is 12.7. The Bertz CT molecular complexity index is 1110. The monoisotopic (exact) mass is 574 g/mol. The number of Topliss-reactive ketones (excluding diaryl/α,β-unsaturated/α-hetero) is 1. The molecule has 0 amide bonds. The number of cyclic esters (lactones) is 1. The molecule has 40 heavy (non-hydrogen) atoms. The molecule has 5 atom stereocenters. The van der Waals surface area contributed by atoms with Gasteiger partial charge in [0.05, 0.1) is 34.7 Å². The van der Waals surface area contributed by atoms with Crippen LogP contribution in [0.5, 0.6) is 0 Å². The molecule has 0 bridgehead atoms. The van der Waals surface area contributed by atoms with E-state index in [1.165, 1.54) is 5.57 Å². The van der Waals surface area contributed by atoms with Crippen LogP contribution in [0.3, 0.4) is 0 Å². The fourth-order valence-electron chi connectivity index (χ4n) is 5.09.